The quantitative estimate of drug-likeness (QED) is 0.661. The smallest absolute Gasteiger partial charge is 0.224 e. The Balaban J connectivity index is 1.73. The summed E-state index contributed by atoms with van der Waals surface area (Å²) in [6, 6.07) is 1.88. The number of nitrogens with zero attached hydrogens (tertiary/aromatic N) is 1. The van der Waals surface area contributed by atoms with Crippen LogP contribution in [0, 0.1) is 17.5 Å². The molecule has 1 aliphatic rings. The van der Waals surface area contributed by atoms with Crippen LogP contribution in [0.3, 0.4) is 0 Å². The zero-order valence-corrected chi connectivity index (χ0v) is 11.5. The van der Waals surface area contributed by atoms with Gasteiger partial charge in [-0.15, -0.1) is 0 Å². The van der Waals surface area contributed by atoms with E-state index in [4.69, 9.17) is 4.74 Å². The lowest BCUT2D eigenvalue weighted by atomic mass is 10.2. The van der Waals surface area contributed by atoms with E-state index in [0.29, 0.717) is 44.8 Å². The summed E-state index contributed by atoms with van der Waals surface area (Å²) in [4.78, 5) is 13.5. The summed E-state index contributed by atoms with van der Waals surface area (Å²) in [5.41, 5.74) is 0.297. The number of halogens is 3. The first-order valence-corrected chi connectivity index (χ1v) is 6.77. The van der Waals surface area contributed by atoms with Gasteiger partial charge in [-0.2, -0.15) is 0 Å². The molecule has 0 spiro atoms. The summed E-state index contributed by atoms with van der Waals surface area (Å²) in [5, 5.41) is 2.91. The molecule has 1 aromatic carbocycles. The Kier molecular flexibility index (Phi) is 5.58. The molecule has 1 heterocycles. The third kappa shape index (κ3) is 4.44. The lowest BCUT2D eigenvalue weighted by molar-refractivity contribution is -0.135. The SMILES string of the molecule is O=C(CCNCc1cc(F)c(F)c(F)c1)N1CCOCC1. The van der Waals surface area contributed by atoms with E-state index in [-0.39, 0.29) is 12.5 Å². The molecule has 4 nitrogen and oxygen atoms in total. The number of amides is 1. The Bertz CT molecular complexity index is 482. The van der Waals surface area contributed by atoms with Gasteiger partial charge < -0.3 is 15.0 Å². The van der Waals surface area contributed by atoms with E-state index in [1.807, 2.05) is 0 Å². The van der Waals surface area contributed by atoms with Crippen LogP contribution in [0.5, 0.6) is 0 Å². The first kappa shape index (κ1) is 15.8. The number of benzene rings is 1. The van der Waals surface area contributed by atoms with E-state index >= 15 is 0 Å². The molecule has 0 saturated carbocycles. The van der Waals surface area contributed by atoms with Gasteiger partial charge in [0.1, 0.15) is 0 Å². The minimum Gasteiger partial charge on any atom is -0.378 e. The molecule has 1 aliphatic heterocycles. The number of nitrogens with one attached hydrogen (secondary N) is 1. The average Bonchev–Trinajstić information content (AvgIpc) is 2.49. The molecule has 0 aromatic heterocycles. The molecule has 0 aliphatic carbocycles. The van der Waals surface area contributed by atoms with Crippen molar-refractivity contribution in [3.63, 3.8) is 0 Å². The van der Waals surface area contributed by atoms with E-state index in [2.05, 4.69) is 5.32 Å². The van der Waals surface area contributed by atoms with E-state index in [0.717, 1.165) is 12.1 Å². The van der Waals surface area contributed by atoms with E-state index in [1.165, 1.54) is 0 Å². The van der Waals surface area contributed by atoms with Crippen LogP contribution in [0.4, 0.5) is 13.2 Å². The molecule has 1 fully saturated rings. The molecule has 1 N–H and O–H groups in total. The van der Waals surface area contributed by atoms with Gasteiger partial charge in [-0.25, -0.2) is 13.2 Å². The third-order valence-corrected chi connectivity index (χ3v) is 3.25. The average molecular weight is 302 g/mol. The molecule has 21 heavy (non-hydrogen) atoms. The third-order valence-electron chi connectivity index (χ3n) is 3.25. The van der Waals surface area contributed by atoms with Crippen molar-refractivity contribution >= 4 is 5.91 Å². The number of hydrogen-bond acceptors (Lipinski definition) is 3. The van der Waals surface area contributed by atoms with Gasteiger partial charge in [0.25, 0.3) is 0 Å². The van der Waals surface area contributed by atoms with Gasteiger partial charge in [0.2, 0.25) is 5.91 Å². The predicted molar refractivity (Wildman–Crippen MR) is 70.0 cm³/mol. The summed E-state index contributed by atoms with van der Waals surface area (Å²) >= 11 is 0. The fraction of sp³-hybridized carbons (Fsp3) is 0.500. The number of ether oxygens (including phenoxy) is 1. The van der Waals surface area contributed by atoms with Gasteiger partial charge in [-0.3, -0.25) is 4.79 Å². The normalized spacial score (nSPS) is 15.3. The van der Waals surface area contributed by atoms with Crippen molar-refractivity contribution in [3.05, 3.63) is 35.1 Å². The standard InChI is InChI=1S/C14H17F3N2O2/c15-11-7-10(8-12(16)14(11)17)9-18-2-1-13(20)19-3-5-21-6-4-19/h7-8,18H,1-6,9H2. The molecular formula is C14H17F3N2O2. The Morgan fingerprint density at radius 1 is 1.19 bits per heavy atom. The molecule has 116 valence electrons. The van der Waals surface area contributed by atoms with Gasteiger partial charge in [-0.1, -0.05) is 0 Å². The van der Waals surface area contributed by atoms with E-state index in [9.17, 15) is 18.0 Å². The summed E-state index contributed by atoms with van der Waals surface area (Å²) in [6.45, 7) is 2.84. The molecule has 1 saturated heterocycles. The summed E-state index contributed by atoms with van der Waals surface area (Å²) in [5.74, 6) is -3.88. The number of rotatable bonds is 5. The van der Waals surface area contributed by atoms with E-state index in [1.54, 1.807) is 4.90 Å². The molecule has 0 unspecified atom stereocenters. The highest BCUT2D eigenvalue weighted by molar-refractivity contribution is 5.76. The zero-order chi connectivity index (χ0) is 15.2. The van der Waals surface area contributed by atoms with Crippen LogP contribution in [0.1, 0.15) is 12.0 Å². The van der Waals surface area contributed by atoms with Crippen LogP contribution in [0.15, 0.2) is 12.1 Å². The second-order valence-corrected chi connectivity index (χ2v) is 4.79. The highest BCUT2D eigenvalue weighted by Gasteiger charge is 2.16. The van der Waals surface area contributed by atoms with Crippen LogP contribution in [0.2, 0.25) is 0 Å². The maximum absolute atomic E-state index is 13.0. The second-order valence-electron chi connectivity index (χ2n) is 4.79. The minimum atomic E-state index is -1.47. The molecule has 7 heteroatoms. The topological polar surface area (TPSA) is 41.6 Å². The Morgan fingerprint density at radius 3 is 2.43 bits per heavy atom. The number of carbonyl (C=O) groups excluding carboxylic acids is 1. The van der Waals surface area contributed by atoms with Gasteiger partial charge in [0, 0.05) is 32.6 Å². The molecule has 2 rings (SSSR count). The van der Waals surface area contributed by atoms with Crippen molar-refractivity contribution in [3.8, 4) is 0 Å². The monoisotopic (exact) mass is 302 g/mol. The zero-order valence-electron chi connectivity index (χ0n) is 11.5. The van der Waals surface area contributed by atoms with Crippen molar-refractivity contribution < 1.29 is 22.7 Å². The summed E-state index contributed by atoms with van der Waals surface area (Å²) in [7, 11) is 0. The molecule has 0 bridgehead atoms. The highest BCUT2D eigenvalue weighted by atomic mass is 19.2. The van der Waals surface area contributed by atoms with Crippen molar-refractivity contribution in [1.29, 1.82) is 0 Å². The van der Waals surface area contributed by atoms with Crippen molar-refractivity contribution in [1.82, 2.24) is 10.2 Å². The fourth-order valence-electron chi connectivity index (χ4n) is 2.11. The molecule has 1 aromatic rings. The predicted octanol–water partition coefficient (Wildman–Crippen LogP) is 1.44. The van der Waals surface area contributed by atoms with Gasteiger partial charge in [0.15, 0.2) is 17.5 Å². The molecular weight excluding hydrogens is 285 g/mol. The van der Waals surface area contributed by atoms with Gasteiger partial charge >= 0.3 is 0 Å². The highest BCUT2D eigenvalue weighted by Crippen LogP contribution is 2.13. The Hall–Kier alpha value is -1.60. The van der Waals surface area contributed by atoms with Crippen LogP contribution in [-0.4, -0.2) is 43.7 Å². The van der Waals surface area contributed by atoms with Crippen molar-refractivity contribution in [2.75, 3.05) is 32.8 Å². The van der Waals surface area contributed by atoms with Crippen molar-refractivity contribution in [2.45, 2.75) is 13.0 Å². The van der Waals surface area contributed by atoms with Crippen LogP contribution < -0.4 is 5.32 Å². The Labute approximate surface area is 120 Å². The lowest BCUT2D eigenvalue weighted by Crippen LogP contribution is -2.41. The number of morpholine rings is 1. The maximum atomic E-state index is 13.0. The van der Waals surface area contributed by atoms with E-state index < -0.39 is 17.5 Å². The molecule has 1 amide bonds. The molecule has 0 atom stereocenters. The first-order valence-electron chi connectivity index (χ1n) is 6.77. The summed E-state index contributed by atoms with van der Waals surface area (Å²) in [6.07, 6.45) is 0.298. The second kappa shape index (κ2) is 7.42. The minimum absolute atomic E-state index is 0.0160. The van der Waals surface area contributed by atoms with Crippen LogP contribution in [0.25, 0.3) is 0 Å². The first-order chi connectivity index (χ1) is 10.1. The molecule has 0 radical (unpaired) electrons. The fourth-order valence-corrected chi connectivity index (χ4v) is 2.11. The van der Waals surface area contributed by atoms with Crippen LogP contribution >= 0.6 is 0 Å². The maximum Gasteiger partial charge on any atom is 0.224 e. The van der Waals surface area contributed by atoms with Gasteiger partial charge in [-0.05, 0) is 17.7 Å². The van der Waals surface area contributed by atoms with Crippen molar-refractivity contribution in [2.24, 2.45) is 0 Å². The number of hydrogen-bond donors (Lipinski definition) is 1. The Morgan fingerprint density at radius 2 is 1.81 bits per heavy atom. The van der Waals surface area contributed by atoms with Crippen LogP contribution in [-0.2, 0) is 16.1 Å². The summed E-state index contributed by atoms with van der Waals surface area (Å²) < 4.78 is 43.9. The number of carbonyl (C=O) groups is 1. The lowest BCUT2D eigenvalue weighted by Gasteiger charge is -2.26. The van der Waals surface area contributed by atoms with Gasteiger partial charge in [0.05, 0.1) is 13.2 Å². The largest absolute Gasteiger partial charge is 0.378 e.